The first-order chi connectivity index (χ1) is 13.8. The zero-order chi connectivity index (χ0) is 21.3. The Morgan fingerprint density at radius 1 is 1.14 bits per heavy atom. The van der Waals surface area contributed by atoms with Crippen LogP contribution in [0.25, 0.3) is 6.08 Å². The molecule has 0 fully saturated rings. The van der Waals surface area contributed by atoms with Crippen molar-refractivity contribution in [3.63, 3.8) is 0 Å². The van der Waals surface area contributed by atoms with Crippen molar-refractivity contribution in [1.29, 1.82) is 0 Å². The number of ether oxygens (including phenoxy) is 1. The molecule has 0 spiro atoms. The van der Waals surface area contributed by atoms with Gasteiger partial charge in [0.05, 0.1) is 16.5 Å². The Balaban J connectivity index is 1.74. The molecule has 0 atom stereocenters. The van der Waals surface area contributed by atoms with Crippen molar-refractivity contribution in [1.82, 2.24) is 10.0 Å². The van der Waals surface area contributed by atoms with Gasteiger partial charge in [-0.2, -0.15) is 0 Å². The predicted octanol–water partition coefficient (Wildman–Crippen LogP) is 3.89. The summed E-state index contributed by atoms with van der Waals surface area (Å²) >= 11 is 11.8. The van der Waals surface area contributed by atoms with E-state index in [2.05, 4.69) is 10.0 Å². The summed E-state index contributed by atoms with van der Waals surface area (Å²) in [4.78, 5) is 12.1. The normalized spacial score (nSPS) is 11.6. The molecule has 0 heterocycles. The van der Waals surface area contributed by atoms with Crippen LogP contribution in [0.15, 0.2) is 53.4 Å². The van der Waals surface area contributed by atoms with E-state index in [0.29, 0.717) is 41.9 Å². The zero-order valence-corrected chi connectivity index (χ0v) is 18.2. The summed E-state index contributed by atoms with van der Waals surface area (Å²) in [6.45, 7) is 2.87. The Kier molecular flexibility index (Phi) is 8.98. The number of carbonyl (C=O) groups is 1. The van der Waals surface area contributed by atoms with E-state index < -0.39 is 10.0 Å². The summed E-state index contributed by atoms with van der Waals surface area (Å²) in [5, 5.41) is 3.73. The first-order valence-electron chi connectivity index (χ1n) is 8.95. The number of halogens is 2. The van der Waals surface area contributed by atoms with Gasteiger partial charge in [0, 0.05) is 24.2 Å². The molecule has 2 N–H and O–H groups in total. The third-order valence-corrected chi connectivity index (χ3v) is 5.82. The molecular formula is C20H22Cl2N2O4S. The van der Waals surface area contributed by atoms with Crippen LogP contribution in [0.5, 0.6) is 5.75 Å². The van der Waals surface area contributed by atoms with Crippen LogP contribution in [0.4, 0.5) is 0 Å². The van der Waals surface area contributed by atoms with E-state index in [-0.39, 0.29) is 10.8 Å². The molecule has 0 aliphatic rings. The van der Waals surface area contributed by atoms with Crippen LogP contribution in [0.3, 0.4) is 0 Å². The van der Waals surface area contributed by atoms with Crippen LogP contribution in [0, 0.1) is 0 Å². The Morgan fingerprint density at radius 3 is 2.52 bits per heavy atom. The molecule has 1 amide bonds. The Bertz CT molecular complexity index is 961. The highest BCUT2D eigenvalue weighted by molar-refractivity contribution is 7.89. The van der Waals surface area contributed by atoms with Gasteiger partial charge in [0.2, 0.25) is 15.9 Å². The molecule has 0 bridgehead atoms. The summed E-state index contributed by atoms with van der Waals surface area (Å²) in [5.41, 5.74) is 0.719. The van der Waals surface area contributed by atoms with Crippen molar-refractivity contribution in [2.24, 2.45) is 0 Å². The highest BCUT2D eigenvalue weighted by Crippen LogP contribution is 2.27. The molecule has 0 aliphatic carbocycles. The van der Waals surface area contributed by atoms with Gasteiger partial charge in [-0.15, -0.1) is 0 Å². The molecule has 6 nitrogen and oxygen atoms in total. The molecular weight excluding hydrogens is 435 g/mol. The highest BCUT2D eigenvalue weighted by Gasteiger charge is 2.11. The standard InChI is InChI=1S/C20H22Cl2N2O4S/c1-2-24-29(26,27)17-8-4-15(5-9-17)6-11-20(25)23-12-3-13-28-19-10-7-16(21)14-18(19)22/h4-11,14,24H,2-3,12-13H2,1H3,(H,23,25). The number of nitrogens with one attached hydrogen (secondary N) is 2. The molecule has 2 aromatic carbocycles. The molecule has 0 radical (unpaired) electrons. The van der Waals surface area contributed by atoms with Gasteiger partial charge in [-0.05, 0) is 48.4 Å². The van der Waals surface area contributed by atoms with E-state index in [1.165, 1.54) is 18.2 Å². The lowest BCUT2D eigenvalue weighted by molar-refractivity contribution is -0.116. The fraction of sp³-hybridized carbons (Fsp3) is 0.250. The number of benzene rings is 2. The van der Waals surface area contributed by atoms with Crippen molar-refractivity contribution >= 4 is 45.2 Å². The van der Waals surface area contributed by atoms with Crippen molar-refractivity contribution in [3.05, 3.63) is 64.1 Å². The minimum absolute atomic E-state index is 0.182. The topological polar surface area (TPSA) is 84.5 Å². The minimum Gasteiger partial charge on any atom is -0.492 e. The second-order valence-electron chi connectivity index (χ2n) is 5.97. The summed E-state index contributed by atoms with van der Waals surface area (Å²) in [5.74, 6) is 0.292. The first-order valence-corrected chi connectivity index (χ1v) is 11.2. The lowest BCUT2D eigenvalue weighted by Crippen LogP contribution is -2.23. The van der Waals surface area contributed by atoms with Gasteiger partial charge in [0.25, 0.3) is 0 Å². The molecule has 0 saturated heterocycles. The quantitative estimate of drug-likeness (QED) is 0.419. The molecule has 9 heteroatoms. The molecule has 2 aromatic rings. The lowest BCUT2D eigenvalue weighted by Gasteiger charge is -2.08. The van der Waals surface area contributed by atoms with Crippen LogP contribution in [0.2, 0.25) is 10.0 Å². The molecule has 156 valence electrons. The average Bonchev–Trinajstić information content (AvgIpc) is 2.68. The zero-order valence-electron chi connectivity index (χ0n) is 15.8. The van der Waals surface area contributed by atoms with Gasteiger partial charge in [-0.25, -0.2) is 13.1 Å². The van der Waals surface area contributed by atoms with Gasteiger partial charge in [0.15, 0.2) is 0 Å². The van der Waals surface area contributed by atoms with Crippen molar-refractivity contribution in [2.45, 2.75) is 18.2 Å². The first kappa shape index (κ1) is 23.2. The maximum absolute atomic E-state index is 11.9. The Morgan fingerprint density at radius 2 is 1.86 bits per heavy atom. The monoisotopic (exact) mass is 456 g/mol. The van der Waals surface area contributed by atoms with Gasteiger partial charge in [-0.1, -0.05) is 42.3 Å². The number of hydrogen-bond donors (Lipinski definition) is 2. The van der Waals surface area contributed by atoms with Gasteiger partial charge in [-0.3, -0.25) is 4.79 Å². The Labute approximate surface area is 180 Å². The maximum Gasteiger partial charge on any atom is 0.244 e. The number of amides is 1. The van der Waals surface area contributed by atoms with E-state index in [4.69, 9.17) is 27.9 Å². The van der Waals surface area contributed by atoms with E-state index in [1.807, 2.05) is 0 Å². The second-order valence-corrected chi connectivity index (χ2v) is 8.58. The largest absolute Gasteiger partial charge is 0.492 e. The van der Waals surface area contributed by atoms with Crippen molar-refractivity contribution < 1.29 is 17.9 Å². The third kappa shape index (κ3) is 7.70. The number of hydrogen-bond acceptors (Lipinski definition) is 4. The van der Waals surface area contributed by atoms with E-state index >= 15 is 0 Å². The van der Waals surface area contributed by atoms with Crippen LogP contribution in [-0.4, -0.2) is 34.0 Å². The lowest BCUT2D eigenvalue weighted by atomic mass is 10.2. The van der Waals surface area contributed by atoms with Crippen LogP contribution in [-0.2, 0) is 14.8 Å². The summed E-state index contributed by atoms with van der Waals surface area (Å²) < 4.78 is 31.7. The van der Waals surface area contributed by atoms with Gasteiger partial charge >= 0.3 is 0 Å². The summed E-state index contributed by atoms with van der Waals surface area (Å²) in [6, 6.07) is 11.3. The van der Waals surface area contributed by atoms with Crippen LogP contribution < -0.4 is 14.8 Å². The molecule has 0 unspecified atom stereocenters. The van der Waals surface area contributed by atoms with Crippen molar-refractivity contribution in [2.75, 3.05) is 19.7 Å². The summed E-state index contributed by atoms with van der Waals surface area (Å²) in [7, 11) is -3.48. The van der Waals surface area contributed by atoms with Crippen LogP contribution >= 0.6 is 23.2 Å². The van der Waals surface area contributed by atoms with Crippen molar-refractivity contribution in [3.8, 4) is 5.75 Å². The predicted molar refractivity (Wildman–Crippen MR) is 116 cm³/mol. The molecule has 0 aromatic heterocycles. The smallest absolute Gasteiger partial charge is 0.244 e. The highest BCUT2D eigenvalue weighted by atomic mass is 35.5. The fourth-order valence-electron chi connectivity index (χ4n) is 2.32. The molecule has 2 rings (SSSR count). The SMILES string of the molecule is CCNS(=O)(=O)c1ccc(C=CC(=O)NCCCOc2ccc(Cl)cc2Cl)cc1. The number of sulfonamides is 1. The summed E-state index contributed by atoms with van der Waals surface area (Å²) in [6.07, 6.45) is 3.61. The molecule has 0 aliphatic heterocycles. The van der Waals surface area contributed by atoms with E-state index in [0.717, 1.165) is 5.56 Å². The maximum atomic E-state index is 11.9. The van der Waals surface area contributed by atoms with E-state index in [9.17, 15) is 13.2 Å². The average molecular weight is 457 g/mol. The third-order valence-electron chi connectivity index (χ3n) is 3.72. The minimum atomic E-state index is -3.48. The molecule has 29 heavy (non-hydrogen) atoms. The van der Waals surface area contributed by atoms with E-state index in [1.54, 1.807) is 43.3 Å². The second kappa shape index (κ2) is 11.2. The number of carbonyl (C=O) groups excluding carboxylic acids is 1. The van der Waals surface area contributed by atoms with Gasteiger partial charge < -0.3 is 10.1 Å². The van der Waals surface area contributed by atoms with Crippen LogP contribution in [0.1, 0.15) is 18.9 Å². The fourth-order valence-corrected chi connectivity index (χ4v) is 3.82. The van der Waals surface area contributed by atoms with Gasteiger partial charge in [0.1, 0.15) is 5.75 Å². The number of rotatable bonds is 10. The Hall–Kier alpha value is -2.06. The molecule has 0 saturated carbocycles.